The number of rotatable bonds is 2. The number of benzene rings is 1. The Morgan fingerprint density at radius 1 is 0.821 bits per heavy atom. The second-order valence-electron chi connectivity index (χ2n) is 10.0. The summed E-state index contributed by atoms with van der Waals surface area (Å²) in [5, 5.41) is 3.54. The van der Waals surface area contributed by atoms with Crippen molar-refractivity contribution in [1.82, 2.24) is 5.32 Å². The molecule has 0 aromatic heterocycles. The molecular formula is C25H29NO2. The molecule has 3 nitrogen and oxygen atoms in total. The average molecular weight is 376 g/mol. The first kappa shape index (κ1) is 18.9. The molecule has 28 heavy (non-hydrogen) atoms. The van der Waals surface area contributed by atoms with Gasteiger partial charge in [0.25, 0.3) is 0 Å². The van der Waals surface area contributed by atoms with Gasteiger partial charge in [0, 0.05) is 41.3 Å². The Balaban J connectivity index is 1.81. The van der Waals surface area contributed by atoms with Crippen molar-refractivity contribution in [3.05, 3.63) is 64.5 Å². The fourth-order valence-electron chi connectivity index (χ4n) is 4.90. The molecule has 2 aliphatic carbocycles. The fourth-order valence-corrected chi connectivity index (χ4v) is 4.90. The molecule has 0 saturated heterocycles. The monoisotopic (exact) mass is 375 g/mol. The number of dihydropyridines is 1. The third-order valence-electron chi connectivity index (χ3n) is 6.04. The molecular weight excluding hydrogens is 346 g/mol. The van der Waals surface area contributed by atoms with Gasteiger partial charge < -0.3 is 5.32 Å². The van der Waals surface area contributed by atoms with Crippen LogP contribution in [0.15, 0.2) is 58.9 Å². The number of nitrogens with one attached hydrogen (secondary N) is 1. The number of hydrogen-bond acceptors (Lipinski definition) is 3. The van der Waals surface area contributed by atoms with Gasteiger partial charge in [-0.25, -0.2) is 0 Å². The van der Waals surface area contributed by atoms with Crippen molar-refractivity contribution in [2.45, 2.75) is 53.4 Å². The lowest BCUT2D eigenvalue weighted by Crippen LogP contribution is -2.42. The van der Waals surface area contributed by atoms with E-state index in [9.17, 15) is 9.59 Å². The van der Waals surface area contributed by atoms with Crippen molar-refractivity contribution in [1.29, 1.82) is 0 Å². The van der Waals surface area contributed by atoms with Gasteiger partial charge in [0.2, 0.25) is 0 Å². The van der Waals surface area contributed by atoms with Crippen LogP contribution in [0.2, 0.25) is 0 Å². The molecule has 4 rings (SSSR count). The van der Waals surface area contributed by atoms with Crippen LogP contribution in [0.25, 0.3) is 6.08 Å². The molecule has 1 aromatic rings. The van der Waals surface area contributed by atoms with Crippen molar-refractivity contribution in [2.75, 3.05) is 0 Å². The molecule has 3 heteroatoms. The molecule has 0 bridgehead atoms. The first-order chi connectivity index (χ1) is 13.2. The van der Waals surface area contributed by atoms with Crippen LogP contribution in [0.5, 0.6) is 0 Å². The first-order valence-corrected chi connectivity index (χ1v) is 10.2. The Morgan fingerprint density at radius 3 is 1.82 bits per heavy atom. The molecule has 0 atom stereocenters. The SMILES string of the molecule is CC1(C)CC(=O)C2=C(C1)NC1=C(C(=O)CC(C)(C)C1)C2C=Cc1ccccc1. The maximum atomic E-state index is 13.1. The fraction of sp³-hybridized carbons (Fsp3) is 0.440. The highest BCUT2D eigenvalue weighted by Gasteiger charge is 2.44. The molecule has 0 unspecified atom stereocenters. The van der Waals surface area contributed by atoms with Gasteiger partial charge in [-0.15, -0.1) is 0 Å². The molecule has 1 heterocycles. The highest BCUT2D eigenvalue weighted by Crippen LogP contribution is 2.48. The van der Waals surface area contributed by atoms with E-state index in [1.165, 1.54) is 0 Å². The van der Waals surface area contributed by atoms with E-state index in [-0.39, 0.29) is 28.3 Å². The van der Waals surface area contributed by atoms with E-state index in [4.69, 9.17) is 0 Å². The number of ketones is 2. The van der Waals surface area contributed by atoms with E-state index in [1.807, 2.05) is 36.4 Å². The standard InChI is InChI=1S/C25H29NO2/c1-24(2)12-18-22(20(27)14-24)17(11-10-16-8-6-5-7-9-16)23-19(26-18)13-25(3,4)15-21(23)28/h5-11,17,26H,12-15H2,1-4H3. The van der Waals surface area contributed by atoms with E-state index in [0.29, 0.717) is 12.8 Å². The predicted octanol–water partition coefficient (Wildman–Crippen LogP) is 5.21. The van der Waals surface area contributed by atoms with Gasteiger partial charge >= 0.3 is 0 Å². The third kappa shape index (κ3) is 3.50. The van der Waals surface area contributed by atoms with Crippen LogP contribution < -0.4 is 5.32 Å². The van der Waals surface area contributed by atoms with Gasteiger partial charge in [-0.05, 0) is 29.2 Å². The molecule has 1 aromatic carbocycles. The molecule has 146 valence electrons. The largest absolute Gasteiger partial charge is 0.362 e. The number of carbonyl (C=O) groups excluding carboxylic acids is 2. The summed E-state index contributed by atoms with van der Waals surface area (Å²) in [7, 11) is 0. The maximum Gasteiger partial charge on any atom is 0.162 e. The van der Waals surface area contributed by atoms with Gasteiger partial charge in [0.1, 0.15) is 0 Å². The summed E-state index contributed by atoms with van der Waals surface area (Å²) in [6, 6.07) is 10.1. The third-order valence-corrected chi connectivity index (χ3v) is 6.04. The summed E-state index contributed by atoms with van der Waals surface area (Å²) in [4.78, 5) is 26.2. The molecule has 0 radical (unpaired) electrons. The number of Topliss-reactive ketones (excluding diaryl/α,β-unsaturated/α-hetero) is 2. The lowest BCUT2D eigenvalue weighted by atomic mass is 9.65. The van der Waals surface area contributed by atoms with E-state index in [1.54, 1.807) is 0 Å². The van der Waals surface area contributed by atoms with Crippen molar-refractivity contribution in [2.24, 2.45) is 16.7 Å². The first-order valence-electron chi connectivity index (χ1n) is 10.2. The van der Waals surface area contributed by atoms with Crippen LogP contribution in [0.1, 0.15) is 58.9 Å². The lowest BCUT2D eigenvalue weighted by Gasteiger charge is -2.43. The van der Waals surface area contributed by atoms with Crippen LogP contribution in [0, 0.1) is 16.7 Å². The Morgan fingerprint density at radius 2 is 1.32 bits per heavy atom. The van der Waals surface area contributed by atoms with E-state index in [2.05, 4.69) is 39.1 Å². The van der Waals surface area contributed by atoms with Crippen LogP contribution in [-0.4, -0.2) is 11.6 Å². The molecule has 3 aliphatic rings. The zero-order valence-electron chi connectivity index (χ0n) is 17.3. The quantitative estimate of drug-likeness (QED) is 0.772. The smallest absolute Gasteiger partial charge is 0.162 e. The summed E-state index contributed by atoms with van der Waals surface area (Å²) in [5.74, 6) is 0.106. The van der Waals surface area contributed by atoms with Crippen LogP contribution in [0.4, 0.5) is 0 Å². The lowest BCUT2D eigenvalue weighted by molar-refractivity contribution is -0.119. The molecule has 1 N–H and O–H groups in total. The molecule has 0 spiro atoms. The number of carbonyl (C=O) groups is 2. The minimum atomic E-state index is -0.237. The van der Waals surface area contributed by atoms with Gasteiger partial charge in [0.05, 0.1) is 0 Å². The summed E-state index contributed by atoms with van der Waals surface area (Å²) in [6.45, 7) is 8.58. The van der Waals surface area contributed by atoms with Crippen LogP contribution in [-0.2, 0) is 9.59 Å². The molecule has 0 amide bonds. The van der Waals surface area contributed by atoms with Gasteiger partial charge in [-0.1, -0.05) is 70.2 Å². The normalized spacial score (nSPS) is 24.3. The summed E-state index contributed by atoms with van der Waals surface area (Å²) < 4.78 is 0. The second-order valence-corrected chi connectivity index (χ2v) is 10.0. The van der Waals surface area contributed by atoms with Crippen molar-refractivity contribution >= 4 is 17.6 Å². The van der Waals surface area contributed by atoms with Crippen LogP contribution in [0.3, 0.4) is 0 Å². The molecule has 0 fully saturated rings. The Bertz CT molecular complexity index is 877. The second kappa shape index (κ2) is 6.58. The van der Waals surface area contributed by atoms with Gasteiger partial charge in [0.15, 0.2) is 11.6 Å². The predicted molar refractivity (Wildman–Crippen MR) is 112 cm³/mol. The van der Waals surface area contributed by atoms with Gasteiger partial charge in [-0.3, -0.25) is 9.59 Å². The highest BCUT2D eigenvalue weighted by molar-refractivity contribution is 6.05. The van der Waals surface area contributed by atoms with E-state index < -0.39 is 0 Å². The minimum absolute atomic E-state index is 0.0527. The van der Waals surface area contributed by atoms with Crippen LogP contribution >= 0.6 is 0 Å². The highest BCUT2D eigenvalue weighted by atomic mass is 16.1. The molecule has 0 saturated carbocycles. The van der Waals surface area contributed by atoms with Crippen molar-refractivity contribution in [3.8, 4) is 0 Å². The Hall–Kier alpha value is -2.42. The Labute approximate surface area is 167 Å². The summed E-state index contributed by atoms with van der Waals surface area (Å²) in [6.07, 6.45) is 6.86. The van der Waals surface area contributed by atoms with E-state index >= 15 is 0 Å². The topological polar surface area (TPSA) is 46.2 Å². The van der Waals surface area contributed by atoms with E-state index in [0.717, 1.165) is 40.9 Å². The van der Waals surface area contributed by atoms with Crippen molar-refractivity contribution in [3.63, 3.8) is 0 Å². The number of allylic oxidation sites excluding steroid dienone is 5. The van der Waals surface area contributed by atoms with Crippen molar-refractivity contribution < 1.29 is 9.59 Å². The average Bonchev–Trinajstić information content (AvgIpc) is 2.57. The molecule has 1 aliphatic heterocycles. The Kier molecular flexibility index (Phi) is 4.45. The summed E-state index contributed by atoms with van der Waals surface area (Å²) >= 11 is 0. The zero-order valence-corrected chi connectivity index (χ0v) is 17.3. The minimum Gasteiger partial charge on any atom is -0.362 e. The summed E-state index contributed by atoms with van der Waals surface area (Å²) in [5.41, 5.74) is 4.63. The van der Waals surface area contributed by atoms with Gasteiger partial charge in [-0.2, -0.15) is 0 Å². The number of hydrogen-bond donors (Lipinski definition) is 1. The maximum absolute atomic E-state index is 13.1. The zero-order chi connectivity index (χ0) is 20.1.